The number of hydrogen-bond donors (Lipinski definition) is 2. The predicted octanol–water partition coefficient (Wildman–Crippen LogP) is 0.442. The van der Waals surface area contributed by atoms with Crippen LogP contribution in [0.3, 0.4) is 0 Å². The zero-order valence-corrected chi connectivity index (χ0v) is 11.0. The monoisotopic (exact) mass is 227 g/mol. The molecule has 1 aliphatic carbocycles. The third-order valence-corrected chi connectivity index (χ3v) is 3.34. The molecule has 1 rings (SSSR count). The van der Waals surface area contributed by atoms with Crippen LogP contribution in [0.15, 0.2) is 0 Å². The van der Waals surface area contributed by atoms with Crippen LogP contribution >= 0.6 is 0 Å². The van der Waals surface area contributed by atoms with E-state index in [4.69, 9.17) is 0 Å². The molecule has 1 saturated carbocycles. The molecule has 1 amide bonds. The van der Waals surface area contributed by atoms with Gasteiger partial charge in [0.25, 0.3) is 0 Å². The lowest BCUT2D eigenvalue weighted by Crippen LogP contribution is -2.49. The van der Waals surface area contributed by atoms with Gasteiger partial charge < -0.3 is 15.5 Å². The van der Waals surface area contributed by atoms with Gasteiger partial charge in [-0.15, -0.1) is 0 Å². The molecule has 0 aromatic heterocycles. The third-order valence-electron chi connectivity index (χ3n) is 3.34. The van der Waals surface area contributed by atoms with Crippen LogP contribution in [0.25, 0.3) is 0 Å². The smallest absolute Gasteiger partial charge is 0.234 e. The fourth-order valence-corrected chi connectivity index (χ4v) is 1.25. The largest absolute Gasteiger partial charge is 0.353 e. The second kappa shape index (κ2) is 5.64. The summed E-state index contributed by atoms with van der Waals surface area (Å²) in [5.74, 6) is 0.918. The van der Waals surface area contributed by atoms with Crippen molar-refractivity contribution in [1.29, 1.82) is 0 Å². The van der Waals surface area contributed by atoms with Gasteiger partial charge in [-0.2, -0.15) is 0 Å². The number of hydrogen-bond acceptors (Lipinski definition) is 3. The van der Waals surface area contributed by atoms with Crippen molar-refractivity contribution in [2.24, 2.45) is 5.92 Å². The van der Waals surface area contributed by atoms with Crippen LogP contribution in [0.4, 0.5) is 0 Å². The highest BCUT2D eigenvalue weighted by atomic mass is 16.1. The molecule has 0 aliphatic heterocycles. The summed E-state index contributed by atoms with van der Waals surface area (Å²) >= 11 is 0. The van der Waals surface area contributed by atoms with Crippen molar-refractivity contribution in [1.82, 2.24) is 15.5 Å². The molecule has 0 unspecified atom stereocenters. The van der Waals surface area contributed by atoms with Gasteiger partial charge in [0.1, 0.15) is 0 Å². The molecular formula is C12H25N3O. The number of carbonyl (C=O) groups is 1. The standard InChI is InChI=1S/C12H25N3O/c1-12(2,15(3)4)9-14-11(16)8-13-7-10-5-6-10/h10,13H,5-9H2,1-4H3,(H,14,16). The molecular weight excluding hydrogens is 202 g/mol. The van der Waals surface area contributed by atoms with Gasteiger partial charge >= 0.3 is 0 Å². The number of nitrogens with one attached hydrogen (secondary N) is 2. The van der Waals surface area contributed by atoms with E-state index in [1.807, 2.05) is 14.1 Å². The summed E-state index contributed by atoms with van der Waals surface area (Å²) < 4.78 is 0. The molecule has 0 bridgehead atoms. The van der Waals surface area contributed by atoms with Gasteiger partial charge in [0.2, 0.25) is 5.91 Å². The van der Waals surface area contributed by atoms with Gasteiger partial charge in [0.05, 0.1) is 6.54 Å². The van der Waals surface area contributed by atoms with Crippen LogP contribution in [-0.4, -0.2) is 50.1 Å². The average molecular weight is 227 g/mol. The predicted molar refractivity (Wildman–Crippen MR) is 66.4 cm³/mol. The summed E-state index contributed by atoms with van der Waals surface area (Å²) in [6.07, 6.45) is 2.64. The minimum atomic E-state index is 0.00610. The summed E-state index contributed by atoms with van der Waals surface area (Å²) in [7, 11) is 4.05. The van der Waals surface area contributed by atoms with Crippen LogP contribution in [0.1, 0.15) is 26.7 Å². The van der Waals surface area contributed by atoms with Crippen LogP contribution in [0, 0.1) is 5.92 Å². The quantitative estimate of drug-likeness (QED) is 0.663. The molecule has 1 fully saturated rings. The molecule has 0 heterocycles. The van der Waals surface area contributed by atoms with Gasteiger partial charge in [0.15, 0.2) is 0 Å². The van der Waals surface area contributed by atoms with Crippen LogP contribution in [0.2, 0.25) is 0 Å². The first-order valence-electron chi connectivity index (χ1n) is 6.06. The molecule has 4 nitrogen and oxygen atoms in total. The first kappa shape index (κ1) is 13.5. The average Bonchev–Trinajstić information content (AvgIpc) is 2.98. The SMILES string of the molecule is CN(C)C(C)(C)CNC(=O)CNCC1CC1. The molecule has 4 heteroatoms. The Bertz CT molecular complexity index is 234. The Morgan fingerprint density at radius 1 is 1.38 bits per heavy atom. The maximum atomic E-state index is 11.5. The number of amides is 1. The van der Waals surface area contributed by atoms with Crippen LogP contribution < -0.4 is 10.6 Å². The number of likely N-dealkylation sites (N-methyl/N-ethyl adjacent to an activating group) is 1. The fourth-order valence-electron chi connectivity index (χ4n) is 1.25. The first-order valence-corrected chi connectivity index (χ1v) is 6.06. The number of rotatable bonds is 7. The van der Waals surface area contributed by atoms with E-state index in [9.17, 15) is 4.79 Å². The summed E-state index contributed by atoms with van der Waals surface area (Å²) in [5, 5.41) is 6.14. The van der Waals surface area contributed by atoms with E-state index in [0.717, 1.165) is 12.5 Å². The zero-order valence-electron chi connectivity index (χ0n) is 11.0. The highest BCUT2D eigenvalue weighted by Gasteiger charge is 2.22. The van der Waals surface area contributed by atoms with Crippen molar-refractivity contribution in [2.75, 3.05) is 33.7 Å². The van der Waals surface area contributed by atoms with Crippen molar-refractivity contribution in [3.8, 4) is 0 Å². The number of carbonyl (C=O) groups excluding carboxylic acids is 1. The van der Waals surface area contributed by atoms with Gasteiger partial charge in [-0.3, -0.25) is 4.79 Å². The zero-order chi connectivity index (χ0) is 12.2. The normalized spacial score (nSPS) is 16.6. The van der Waals surface area contributed by atoms with Crippen LogP contribution in [-0.2, 0) is 4.79 Å². The van der Waals surface area contributed by atoms with Crippen molar-refractivity contribution >= 4 is 5.91 Å². The molecule has 0 radical (unpaired) electrons. The molecule has 1 aliphatic rings. The Hall–Kier alpha value is -0.610. The molecule has 0 spiro atoms. The minimum Gasteiger partial charge on any atom is -0.353 e. The van der Waals surface area contributed by atoms with Crippen molar-refractivity contribution in [3.63, 3.8) is 0 Å². The Kier molecular flexibility index (Phi) is 4.74. The molecule has 0 aromatic carbocycles. The number of nitrogens with zero attached hydrogens (tertiary/aromatic N) is 1. The Morgan fingerprint density at radius 3 is 2.50 bits per heavy atom. The van der Waals surface area contributed by atoms with E-state index < -0.39 is 0 Å². The van der Waals surface area contributed by atoms with Crippen molar-refractivity contribution in [3.05, 3.63) is 0 Å². The maximum Gasteiger partial charge on any atom is 0.234 e. The summed E-state index contributed by atoms with van der Waals surface area (Å²) in [6, 6.07) is 0. The first-order chi connectivity index (χ1) is 7.42. The molecule has 94 valence electrons. The van der Waals surface area contributed by atoms with Crippen molar-refractivity contribution < 1.29 is 4.79 Å². The highest BCUT2D eigenvalue weighted by molar-refractivity contribution is 5.78. The van der Waals surface area contributed by atoms with E-state index in [1.165, 1.54) is 12.8 Å². The summed E-state index contributed by atoms with van der Waals surface area (Å²) in [4.78, 5) is 13.6. The van der Waals surface area contributed by atoms with E-state index in [2.05, 4.69) is 29.4 Å². The summed E-state index contributed by atoms with van der Waals surface area (Å²) in [5.41, 5.74) is 0.00610. The Labute approximate surface area is 98.8 Å². The lowest BCUT2D eigenvalue weighted by molar-refractivity contribution is -0.120. The maximum absolute atomic E-state index is 11.5. The van der Waals surface area contributed by atoms with E-state index >= 15 is 0 Å². The van der Waals surface area contributed by atoms with Gasteiger partial charge in [-0.05, 0) is 53.2 Å². The van der Waals surface area contributed by atoms with Crippen molar-refractivity contribution in [2.45, 2.75) is 32.2 Å². The Morgan fingerprint density at radius 2 is 2.00 bits per heavy atom. The Balaban J connectivity index is 2.08. The van der Waals surface area contributed by atoms with E-state index in [1.54, 1.807) is 0 Å². The van der Waals surface area contributed by atoms with Crippen LogP contribution in [0.5, 0.6) is 0 Å². The van der Waals surface area contributed by atoms with Gasteiger partial charge in [0, 0.05) is 12.1 Å². The molecule has 0 aromatic rings. The summed E-state index contributed by atoms with van der Waals surface area (Å²) in [6.45, 7) is 6.35. The minimum absolute atomic E-state index is 0.00610. The lowest BCUT2D eigenvalue weighted by Gasteiger charge is -2.32. The second-order valence-electron chi connectivity index (χ2n) is 5.56. The van der Waals surface area contributed by atoms with Gasteiger partial charge in [-0.1, -0.05) is 0 Å². The van der Waals surface area contributed by atoms with E-state index in [0.29, 0.717) is 13.1 Å². The lowest BCUT2D eigenvalue weighted by atomic mass is 10.0. The molecule has 2 N–H and O–H groups in total. The molecule has 0 atom stereocenters. The van der Waals surface area contributed by atoms with Gasteiger partial charge in [-0.25, -0.2) is 0 Å². The second-order valence-corrected chi connectivity index (χ2v) is 5.56. The van der Waals surface area contributed by atoms with E-state index in [-0.39, 0.29) is 11.4 Å². The topological polar surface area (TPSA) is 44.4 Å². The fraction of sp³-hybridized carbons (Fsp3) is 0.917. The molecule has 0 saturated heterocycles. The molecule has 16 heavy (non-hydrogen) atoms. The highest BCUT2D eigenvalue weighted by Crippen LogP contribution is 2.27. The third kappa shape index (κ3) is 4.94.